The summed E-state index contributed by atoms with van der Waals surface area (Å²) in [6, 6.07) is 0. The Labute approximate surface area is 131 Å². The lowest BCUT2D eigenvalue weighted by Gasteiger charge is -2.00. The van der Waals surface area contributed by atoms with Gasteiger partial charge in [-0.1, -0.05) is 76.4 Å². The molecule has 0 bridgehead atoms. The van der Waals surface area contributed by atoms with E-state index in [9.17, 15) is 4.79 Å². The summed E-state index contributed by atoms with van der Waals surface area (Å²) in [4.78, 5) is 10.7. The standard InChI is InChI=1S/C19H32O2/c1-3-4-5-6-7-8-9-10-11-12-13-14-15-16-17-18-19(20)21-2/h13-14H,3-12,15-16H2,1-2H3. The van der Waals surface area contributed by atoms with Crippen molar-refractivity contribution in [2.24, 2.45) is 0 Å². The molecule has 120 valence electrons. The summed E-state index contributed by atoms with van der Waals surface area (Å²) in [7, 11) is 1.35. The molecule has 0 aliphatic heterocycles. The fourth-order valence-corrected chi connectivity index (χ4v) is 2.15. The van der Waals surface area contributed by atoms with E-state index in [1.807, 2.05) is 0 Å². The first-order valence-electron chi connectivity index (χ1n) is 8.53. The van der Waals surface area contributed by atoms with Gasteiger partial charge < -0.3 is 4.74 Å². The Morgan fingerprint density at radius 1 is 0.905 bits per heavy atom. The van der Waals surface area contributed by atoms with Crippen molar-refractivity contribution in [3.05, 3.63) is 12.2 Å². The Kier molecular flexibility index (Phi) is 15.8. The number of rotatable bonds is 12. The summed E-state index contributed by atoms with van der Waals surface area (Å²) in [6.45, 7) is 2.26. The number of methoxy groups -OCH3 is 1. The SMILES string of the molecule is CCCCCCCCCCCC=CCCC#CC(=O)OC. The molecular formula is C19H32O2. The summed E-state index contributed by atoms with van der Waals surface area (Å²) >= 11 is 0. The third-order valence-corrected chi connectivity index (χ3v) is 3.45. The summed E-state index contributed by atoms with van der Waals surface area (Å²) in [5, 5.41) is 0. The first kappa shape index (κ1) is 19.8. The number of hydrogen-bond acceptors (Lipinski definition) is 2. The van der Waals surface area contributed by atoms with Crippen LogP contribution in [-0.2, 0) is 9.53 Å². The fraction of sp³-hybridized carbons (Fsp3) is 0.737. The minimum absolute atomic E-state index is 0.450. The van der Waals surface area contributed by atoms with E-state index in [-0.39, 0.29) is 0 Å². The third kappa shape index (κ3) is 16.7. The van der Waals surface area contributed by atoms with Gasteiger partial charge in [0.1, 0.15) is 0 Å². The second-order valence-electron chi connectivity index (χ2n) is 5.42. The maximum atomic E-state index is 10.7. The van der Waals surface area contributed by atoms with Crippen molar-refractivity contribution < 1.29 is 9.53 Å². The zero-order valence-corrected chi connectivity index (χ0v) is 14.0. The van der Waals surface area contributed by atoms with Crippen molar-refractivity contribution in [2.75, 3.05) is 7.11 Å². The largest absolute Gasteiger partial charge is 0.459 e. The zero-order chi connectivity index (χ0) is 15.6. The Hall–Kier alpha value is -1.23. The van der Waals surface area contributed by atoms with Gasteiger partial charge in [-0.2, -0.15) is 0 Å². The molecule has 0 atom stereocenters. The quantitative estimate of drug-likeness (QED) is 0.158. The highest BCUT2D eigenvalue weighted by Gasteiger charge is 1.91. The normalized spacial score (nSPS) is 10.4. The van der Waals surface area contributed by atoms with Gasteiger partial charge in [0.2, 0.25) is 0 Å². The highest BCUT2D eigenvalue weighted by Crippen LogP contribution is 2.10. The van der Waals surface area contributed by atoms with Crippen LogP contribution in [0.25, 0.3) is 0 Å². The summed E-state index contributed by atoms with van der Waals surface area (Å²) in [6.07, 6.45) is 19.6. The van der Waals surface area contributed by atoms with Crippen LogP contribution in [0.4, 0.5) is 0 Å². The molecule has 0 fully saturated rings. The smallest absolute Gasteiger partial charge is 0.384 e. The molecule has 0 aliphatic carbocycles. The van der Waals surface area contributed by atoms with E-state index in [1.165, 1.54) is 71.3 Å². The molecule has 0 rings (SSSR count). The number of hydrogen-bond donors (Lipinski definition) is 0. The molecule has 0 heterocycles. The molecule has 0 aromatic rings. The van der Waals surface area contributed by atoms with E-state index < -0.39 is 5.97 Å². The number of esters is 1. The van der Waals surface area contributed by atoms with Gasteiger partial charge in [0.25, 0.3) is 0 Å². The third-order valence-electron chi connectivity index (χ3n) is 3.45. The lowest BCUT2D eigenvalue weighted by molar-refractivity contribution is -0.133. The molecule has 0 aromatic carbocycles. The van der Waals surface area contributed by atoms with E-state index in [0.717, 1.165) is 12.8 Å². The molecule has 21 heavy (non-hydrogen) atoms. The number of ether oxygens (including phenoxy) is 1. The summed E-state index contributed by atoms with van der Waals surface area (Å²) < 4.78 is 4.44. The molecule has 2 heteroatoms. The van der Waals surface area contributed by atoms with Crippen LogP contribution in [0.2, 0.25) is 0 Å². The molecule has 0 aliphatic rings. The Morgan fingerprint density at radius 2 is 1.48 bits per heavy atom. The first-order valence-corrected chi connectivity index (χ1v) is 8.53. The highest BCUT2D eigenvalue weighted by molar-refractivity contribution is 5.88. The predicted molar refractivity (Wildman–Crippen MR) is 90.0 cm³/mol. The van der Waals surface area contributed by atoms with E-state index >= 15 is 0 Å². The summed E-state index contributed by atoms with van der Waals surface area (Å²) in [5.41, 5.74) is 0. The van der Waals surface area contributed by atoms with E-state index in [1.54, 1.807) is 0 Å². The van der Waals surface area contributed by atoms with Gasteiger partial charge in [0.05, 0.1) is 7.11 Å². The molecule has 0 saturated heterocycles. The molecule has 0 radical (unpaired) electrons. The van der Waals surface area contributed by atoms with E-state index in [2.05, 4.69) is 35.7 Å². The van der Waals surface area contributed by atoms with E-state index in [0.29, 0.717) is 0 Å². The molecule has 0 unspecified atom stereocenters. The van der Waals surface area contributed by atoms with Gasteiger partial charge in [-0.15, -0.1) is 0 Å². The monoisotopic (exact) mass is 292 g/mol. The topological polar surface area (TPSA) is 26.3 Å². The zero-order valence-electron chi connectivity index (χ0n) is 14.0. The molecule has 0 saturated carbocycles. The Morgan fingerprint density at radius 3 is 2.10 bits per heavy atom. The molecule has 2 nitrogen and oxygen atoms in total. The van der Waals surface area contributed by atoms with Crippen molar-refractivity contribution in [1.29, 1.82) is 0 Å². The number of allylic oxidation sites excluding steroid dienone is 2. The highest BCUT2D eigenvalue weighted by atomic mass is 16.5. The van der Waals surface area contributed by atoms with Crippen molar-refractivity contribution in [1.82, 2.24) is 0 Å². The molecule has 0 spiro atoms. The van der Waals surface area contributed by atoms with Gasteiger partial charge in [0.15, 0.2) is 0 Å². The first-order chi connectivity index (χ1) is 10.3. The molecule has 0 amide bonds. The van der Waals surface area contributed by atoms with Gasteiger partial charge in [-0.3, -0.25) is 0 Å². The maximum Gasteiger partial charge on any atom is 0.384 e. The average Bonchev–Trinajstić information content (AvgIpc) is 2.50. The predicted octanol–water partition coefficient (Wildman–Crippen LogP) is 5.42. The van der Waals surface area contributed by atoms with Crippen molar-refractivity contribution in [3.63, 3.8) is 0 Å². The molecule has 0 aromatic heterocycles. The van der Waals surface area contributed by atoms with Crippen LogP contribution in [0.1, 0.15) is 84.0 Å². The Bertz CT molecular complexity index is 320. The van der Waals surface area contributed by atoms with Crippen LogP contribution in [0, 0.1) is 11.8 Å². The molecule has 0 N–H and O–H groups in total. The summed E-state index contributed by atoms with van der Waals surface area (Å²) in [5.74, 6) is 4.78. The van der Waals surface area contributed by atoms with Gasteiger partial charge >= 0.3 is 5.97 Å². The van der Waals surface area contributed by atoms with Crippen LogP contribution in [0.3, 0.4) is 0 Å². The van der Waals surface area contributed by atoms with Crippen LogP contribution in [-0.4, -0.2) is 13.1 Å². The fourth-order valence-electron chi connectivity index (χ4n) is 2.15. The minimum Gasteiger partial charge on any atom is -0.459 e. The van der Waals surface area contributed by atoms with Crippen molar-refractivity contribution in [3.8, 4) is 11.8 Å². The van der Waals surface area contributed by atoms with E-state index in [4.69, 9.17) is 0 Å². The van der Waals surface area contributed by atoms with Crippen LogP contribution in [0.5, 0.6) is 0 Å². The van der Waals surface area contributed by atoms with Crippen LogP contribution in [0.15, 0.2) is 12.2 Å². The number of carbonyl (C=O) groups is 1. The average molecular weight is 292 g/mol. The van der Waals surface area contributed by atoms with Crippen molar-refractivity contribution >= 4 is 5.97 Å². The van der Waals surface area contributed by atoms with Gasteiger partial charge in [-0.05, 0) is 19.3 Å². The minimum atomic E-state index is -0.450. The maximum absolute atomic E-state index is 10.7. The van der Waals surface area contributed by atoms with Crippen LogP contribution < -0.4 is 0 Å². The van der Waals surface area contributed by atoms with Crippen molar-refractivity contribution in [2.45, 2.75) is 84.0 Å². The lowest BCUT2D eigenvalue weighted by Crippen LogP contribution is -1.93. The second kappa shape index (κ2) is 16.8. The number of carbonyl (C=O) groups excluding carboxylic acids is 1. The Balaban J connectivity index is 3.21. The van der Waals surface area contributed by atoms with Gasteiger partial charge in [-0.25, -0.2) is 4.79 Å². The van der Waals surface area contributed by atoms with Gasteiger partial charge in [0, 0.05) is 12.3 Å². The number of unbranched alkanes of at least 4 members (excludes halogenated alkanes) is 10. The second-order valence-corrected chi connectivity index (χ2v) is 5.42. The van der Waals surface area contributed by atoms with Crippen LogP contribution >= 0.6 is 0 Å². The molecular weight excluding hydrogens is 260 g/mol. The lowest BCUT2D eigenvalue weighted by atomic mass is 10.1.